The fourth-order valence-corrected chi connectivity index (χ4v) is 11.3. The Morgan fingerprint density at radius 2 is 0.667 bits per heavy atom. The largest absolute Gasteiger partial charge is 0.309 e. The van der Waals surface area contributed by atoms with E-state index in [1.54, 1.807) is 0 Å². The summed E-state index contributed by atoms with van der Waals surface area (Å²) in [4.78, 5) is 10.1. The first-order chi connectivity index (χ1) is 35.4. The Balaban J connectivity index is 0.909. The summed E-state index contributed by atoms with van der Waals surface area (Å²) in [5.74, 6) is 0.712. The molecule has 14 rings (SSSR count). The SMILES string of the molecule is Cc1ccc2c(c1)c1ccccc1n2-c1ccc2c(c1)c1cc(-n3c4ccccc4c4cc(C)ccc43)ccc1n2-c1ccc(-c2ccc(-c3cc(-c4ccccc4)nc(-c4ccccc4)n3)cc2)c(C)c1. The van der Waals surface area contributed by atoms with E-state index in [-0.39, 0.29) is 0 Å². The van der Waals surface area contributed by atoms with Crippen molar-refractivity contribution >= 4 is 65.4 Å². The lowest BCUT2D eigenvalue weighted by molar-refractivity contribution is 1.15. The third-order valence-corrected chi connectivity index (χ3v) is 14.7. The number of para-hydroxylation sites is 2. The van der Waals surface area contributed by atoms with Crippen molar-refractivity contribution in [2.75, 3.05) is 0 Å². The topological polar surface area (TPSA) is 40.6 Å². The van der Waals surface area contributed by atoms with Crippen LogP contribution in [0.2, 0.25) is 0 Å². The summed E-state index contributed by atoms with van der Waals surface area (Å²) in [6.07, 6.45) is 0. The molecule has 0 amide bonds. The number of fused-ring (bicyclic) bond motifs is 9. The molecule has 0 saturated carbocycles. The first-order valence-corrected chi connectivity index (χ1v) is 24.7. The van der Waals surface area contributed by atoms with Gasteiger partial charge >= 0.3 is 0 Å². The van der Waals surface area contributed by atoms with Gasteiger partial charge in [0, 0.05) is 66.1 Å². The Labute approximate surface area is 417 Å². The predicted octanol–water partition coefficient (Wildman–Crippen LogP) is 17.4. The molecular weight excluding hydrogens is 875 g/mol. The molecular formula is C67H47N5. The Kier molecular flexibility index (Phi) is 9.48. The number of aryl methyl sites for hydroxylation is 3. The van der Waals surface area contributed by atoms with Crippen LogP contribution in [0.5, 0.6) is 0 Å². The van der Waals surface area contributed by atoms with Crippen LogP contribution in [-0.4, -0.2) is 23.7 Å². The van der Waals surface area contributed by atoms with Gasteiger partial charge in [0.05, 0.1) is 44.5 Å². The van der Waals surface area contributed by atoms with E-state index in [1.807, 2.05) is 24.3 Å². The van der Waals surface area contributed by atoms with Crippen LogP contribution in [-0.2, 0) is 0 Å². The van der Waals surface area contributed by atoms with Crippen LogP contribution in [0, 0.1) is 20.8 Å². The van der Waals surface area contributed by atoms with Crippen LogP contribution in [0.3, 0.4) is 0 Å². The summed E-state index contributed by atoms with van der Waals surface area (Å²) in [5.41, 5.74) is 21.5. The van der Waals surface area contributed by atoms with Gasteiger partial charge in [-0.25, -0.2) is 9.97 Å². The monoisotopic (exact) mass is 921 g/mol. The van der Waals surface area contributed by atoms with Crippen molar-refractivity contribution in [3.8, 4) is 62.1 Å². The van der Waals surface area contributed by atoms with E-state index in [1.165, 1.54) is 76.6 Å². The molecule has 0 aliphatic rings. The van der Waals surface area contributed by atoms with Crippen LogP contribution in [0.15, 0.2) is 231 Å². The molecule has 340 valence electrons. The average Bonchev–Trinajstić information content (AvgIpc) is 4.06. The van der Waals surface area contributed by atoms with E-state index < -0.39 is 0 Å². The normalized spacial score (nSPS) is 11.8. The summed E-state index contributed by atoms with van der Waals surface area (Å²) in [5, 5.41) is 7.46. The second kappa shape index (κ2) is 16.4. The Morgan fingerprint density at radius 3 is 1.18 bits per heavy atom. The summed E-state index contributed by atoms with van der Waals surface area (Å²) in [7, 11) is 0. The Hall–Kier alpha value is -9.32. The highest BCUT2D eigenvalue weighted by molar-refractivity contribution is 6.14. The van der Waals surface area contributed by atoms with Gasteiger partial charge in [-0.1, -0.05) is 151 Å². The molecule has 10 aromatic carbocycles. The van der Waals surface area contributed by atoms with Gasteiger partial charge in [-0.05, 0) is 128 Å². The molecule has 0 bridgehead atoms. The smallest absolute Gasteiger partial charge is 0.160 e. The molecule has 0 aliphatic heterocycles. The molecule has 4 heterocycles. The van der Waals surface area contributed by atoms with Gasteiger partial charge in [-0.2, -0.15) is 0 Å². The molecule has 0 fully saturated rings. The lowest BCUT2D eigenvalue weighted by Crippen LogP contribution is -1.97. The maximum absolute atomic E-state index is 5.09. The minimum Gasteiger partial charge on any atom is -0.309 e. The highest BCUT2D eigenvalue weighted by Gasteiger charge is 2.20. The molecule has 5 nitrogen and oxygen atoms in total. The van der Waals surface area contributed by atoms with E-state index in [0.29, 0.717) is 5.82 Å². The molecule has 0 spiro atoms. The van der Waals surface area contributed by atoms with E-state index in [9.17, 15) is 0 Å². The van der Waals surface area contributed by atoms with Gasteiger partial charge in [0.15, 0.2) is 5.82 Å². The predicted molar refractivity (Wildman–Crippen MR) is 301 cm³/mol. The lowest BCUT2D eigenvalue weighted by atomic mass is 9.98. The third kappa shape index (κ3) is 6.69. The van der Waals surface area contributed by atoms with Crippen molar-refractivity contribution in [1.82, 2.24) is 23.7 Å². The zero-order valence-corrected chi connectivity index (χ0v) is 40.2. The summed E-state index contributed by atoms with van der Waals surface area (Å²) in [6.45, 7) is 6.58. The highest BCUT2D eigenvalue weighted by atomic mass is 15.0. The van der Waals surface area contributed by atoms with E-state index in [0.717, 1.165) is 61.7 Å². The van der Waals surface area contributed by atoms with Crippen LogP contribution in [0.4, 0.5) is 0 Å². The molecule has 72 heavy (non-hydrogen) atoms. The third-order valence-electron chi connectivity index (χ3n) is 14.7. The van der Waals surface area contributed by atoms with Gasteiger partial charge in [0.25, 0.3) is 0 Å². The first kappa shape index (κ1) is 41.6. The molecule has 4 aromatic heterocycles. The summed E-state index contributed by atoms with van der Waals surface area (Å²) in [6, 6.07) is 83.7. The van der Waals surface area contributed by atoms with E-state index in [2.05, 4.69) is 241 Å². The molecule has 0 aliphatic carbocycles. The quantitative estimate of drug-likeness (QED) is 0.160. The van der Waals surface area contributed by atoms with Crippen molar-refractivity contribution in [3.05, 3.63) is 247 Å². The van der Waals surface area contributed by atoms with E-state index in [4.69, 9.17) is 9.97 Å². The second-order valence-electron chi connectivity index (χ2n) is 19.3. The fraction of sp³-hybridized carbons (Fsp3) is 0.0448. The lowest BCUT2D eigenvalue weighted by Gasteiger charge is -2.14. The summed E-state index contributed by atoms with van der Waals surface area (Å²) < 4.78 is 7.32. The average molecular weight is 922 g/mol. The summed E-state index contributed by atoms with van der Waals surface area (Å²) >= 11 is 0. The molecule has 0 unspecified atom stereocenters. The van der Waals surface area contributed by atoms with Crippen molar-refractivity contribution in [2.45, 2.75) is 20.8 Å². The van der Waals surface area contributed by atoms with Crippen molar-refractivity contribution in [2.24, 2.45) is 0 Å². The standard InChI is InChI=1S/C67H47N5/c1-42-22-32-63-55(36-42)53-18-10-12-20-61(53)71(63)50-29-34-65-57(39-50)58-40-51(72-62-21-13-11-19-54(62)56-37-43(2)23-33-64(56)72)30-35-66(58)70(65)49-28-31-52(44(3)38-49)45-24-26-47(27-25-45)60-41-59(46-14-6-4-7-15-46)68-67(69-60)48-16-8-5-9-17-48/h4-41H,1-3H3. The molecule has 0 atom stereocenters. The number of nitrogens with zero attached hydrogens (tertiary/aromatic N) is 5. The number of rotatable bonds is 7. The van der Waals surface area contributed by atoms with Gasteiger partial charge in [-0.15, -0.1) is 0 Å². The molecule has 0 radical (unpaired) electrons. The zero-order chi connectivity index (χ0) is 48.0. The van der Waals surface area contributed by atoms with Crippen LogP contribution in [0.1, 0.15) is 16.7 Å². The van der Waals surface area contributed by atoms with Gasteiger partial charge in [-0.3, -0.25) is 0 Å². The first-order valence-electron chi connectivity index (χ1n) is 24.7. The van der Waals surface area contributed by atoms with Crippen molar-refractivity contribution in [1.29, 1.82) is 0 Å². The maximum atomic E-state index is 5.09. The number of aromatic nitrogens is 5. The van der Waals surface area contributed by atoms with Crippen LogP contribution < -0.4 is 0 Å². The molecule has 5 heteroatoms. The Bertz CT molecular complexity index is 4220. The van der Waals surface area contributed by atoms with E-state index >= 15 is 0 Å². The Morgan fingerprint density at radius 1 is 0.278 bits per heavy atom. The number of hydrogen-bond acceptors (Lipinski definition) is 2. The highest BCUT2D eigenvalue weighted by Crippen LogP contribution is 2.41. The fourth-order valence-electron chi connectivity index (χ4n) is 11.3. The minimum absolute atomic E-state index is 0.712. The van der Waals surface area contributed by atoms with Crippen molar-refractivity contribution < 1.29 is 0 Å². The molecule has 14 aromatic rings. The maximum Gasteiger partial charge on any atom is 0.160 e. The zero-order valence-electron chi connectivity index (χ0n) is 40.2. The van der Waals surface area contributed by atoms with Crippen LogP contribution in [0.25, 0.3) is 128 Å². The van der Waals surface area contributed by atoms with Gasteiger partial charge in [0.2, 0.25) is 0 Å². The molecule has 0 N–H and O–H groups in total. The number of benzene rings is 10. The molecule has 0 saturated heterocycles. The van der Waals surface area contributed by atoms with Gasteiger partial charge in [0.1, 0.15) is 0 Å². The van der Waals surface area contributed by atoms with Crippen molar-refractivity contribution in [3.63, 3.8) is 0 Å². The van der Waals surface area contributed by atoms with Crippen LogP contribution >= 0.6 is 0 Å². The number of hydrogen-bond donors (Lipinski definition) is 0. The minimum atomic E-state index is 0.712. The van der Waals surface area contributed by atoms with Gasteiger partial charge < -0.3 is 13.7 Å². The second-order valence-corrected chi connectivity index (χ2v) is 19.3.